The van der Waals surface area contributed by atoms with Gasteiger partial charge < -0.3 is 49.7 Å². The maximum absolute atomic E-state index is 14.9. The Morgan fingerprint density at radius 3 is 2.26 bits per heavy atom. The summed E-state index contributed by atoms with van der Waals surface area (Å²) in [6.07, 6.45) is 5.58. The van der Waals surface area contributed by atoms with E-state index in [1.807, 2.05) is 6.92 Å². The summed E-state index contributed by atoms with van der Waals surface area (Å²) in [7, 11) is 0. The molecule has 0 aliphatic carbocycles. The highest BCUT2D eigenvalue weighted by molar-refractivity contribution is 8.00. The molecular weight excluding hydrogens is 1050 g/mol. The van der Waals surface area contributed by atoms with Gasteiger partial charge in [-0.3, -0.25) is 33.9 Å². The molecule has 4 aromatic carbocycles. The van der Waals surface area contributed by atoms with E-state index in [0.717, 1.165) is 38.8 Å². The van der Waals surface area contributed by atoms with Gasteiger partial charge in [-0.25, -0.2) is 22.8 Å². The van der Waals surface area contributed by atoms with Crippen molar-refractivity contribution in [1.29, 1.82) is 0 Å². The maximum Gasteiger partial charge on any atom is 0.352 e. The lowest BCUT2D eigenvalue weighted by molar-refractivity contribution is -0.150. The minimum absolute atomic E-state index is 0.0491. The van der Waals surface area contributed by atoms with E-state index >= 15 is 0 Å². The number of carbonyl (C=O) groups is 5. The van der Waals surface area contributed by atoms with Gasteiger partial charge in [0.25, 0.3) is 5.91 Å². The number of benzene rings is 4. The quantitative estimate of drug-likeness (QED) is 0.0474. The van der Waals surface area contributed by atoms with Crippen molar-refractivity contribution >= 4 is 80.8 Å². The number of halogens is 3. The number of ether oxygens (including phenoxy) is 1. The number of aliphatic carboxylic acids is 1. The standard InChI is InChI=1S/C21H18F3N3O3.C17H17N3O6S2.C15H10O4/c1-11-9-26(5-4-25-11)19-8-18-13(7-16(19)24)20(28)14(21(29)30)10-27(18)17-3-2-12(22)6-15(17)23;1-9(21)26-6-10-7-28-16-13(15(23)20(16)14(10)17(24)25)19-12(22)8-27-11-2-4-18-5-3-11;16-10-3-1-9(2-4-10)13-8-19-14-7-11(17)5-6-12(14)15(13)18/h2-3,6-8,10-11,25H,4-5,9H2,1H3,(H,29,30);2-5,13,16H,6-8H2,1H3,(H,19,22)(H,24,25);1-8,16-17H/t;13-,16-;/m.1./s1. The van der Waals surface area contributed by atoms with Crippen molar-refractivity contribution in [3.05, 3.63) is 165 Å². The first kappa shape index (κ1) is 54.6. The Labute approximate surface area is 442 Å². The van der Waals surface area contributed by atoms with Gasteiger partial charge in [-0.1, -0.05) is 12.1 Å². The van der Waals surface area contributed by atoms with Gasteiger partial charge in [-0.05, 0) is 73.2 Å². The maximum atomic E-state index is 14.9. The van der Waals surface area contributed by atoms with E-state index in [2.05, 4.69) is 15.6 Å². The molecule has 77 heavy (non-hydrogen) atoms. The third kappa shape index (κ3) is 12.2. The number of carboxylic acid groups (broad SMARTS) is 2. The molecule has 2 fully saturated rings. The summed E-state index contributed by atoms with van der Waals surface area (Å²) in [6, 6.07) is 18.8. The number of fused-ring (bicyclic) bond motifs is 3. The fourth-order valence-electron chi connectivity index (χ4n) is 8.49. The Morgan fingerprint density at radius 2 is 1.58 bits per heavy atom. The van der Waals surface area contributed by atoms with Gasteiger partial charge in [0.15, 0.2) is 5.43 Å². The number of carboxylic acids is 2. The first-order chi connectivity index (χ1) is 36.8. The van der Waals surface area contributed by atoms with Crippen molar-refractivity contribution in [2.45, 2.75) is 36.2 Å². The molecule has 6 N–H and O–H groups in total. The number of carbonyl (C=O) groups excluding carboxylic acids is 3. The number of pyridine rings is 2. The molecule has 19 nitrogen and oxygen atoms in total. The predicted molar refractivity (Wildman–Crippen MR) is 279 cm³/mol. The Bertz CT molecular complexity index is 3620. The van der Waals surface area contributed by atoms with E-state index in [9.17, 15) is 67.2 Å². The largest absolute Gasteiger partial charge is 0.508 e. The summed E-state index contributed by atoms with van der Waals surface area (Å²) in [5.74, 6) is -5.95. The number of aromatic nitrogens is 2. The number of nitrogens with zero attached hydrogens (tertiary/aromatic N) is 4. The lowest BCUT2D eigenvalue weighted by Gasteiger charge is -2.49. The summed E-state index contributed by atoms with van der Waals surface area (Å²) in [6.45, 7) is 4.67. The number of nitrogens with one attached hydrogen (secondary N) is 2. The fourth-order valence-corrected chi connectivity index (χ4v) is 10.5. The second kappa shape index (κ2) is 23.5. The van der Waals surface area contributed by atoms with Crippen molar-refractivity contribution in [1.82, 2.24) is 25.1 Å². The zero-order valence-electron chi connectivity index (χ0n) is 40.6. The Hall–Kier alpha value is -8.61. The number of rotatable bonds is 11. The fraction of sp³-hybridized carbons (Fsp3) is 0.208. The molecule has 0 radical (unpaired) electrons. The monoisotopic (exact) mass is 1090 g/mol. The topological polar surface area (TPSA) is 271 Å². The zero-order valence-corrected chi connectivity index (χ0v) is 42.2. The van der Waals surface area contributed by atoms with E-state index in [0.29, 0.717) is 59.1 Å². The molecule has 1 unspecified atom stereocenters. The smallest absolute Gasteiger partial charge is 0.352 e. The van der Waals surface area contributed by atoms with Crippen LogP contribution in [0.4, 0.5) is 18.9 Å². The number of phenolic OH excluding ortho intramolecular Hbond substituents is 2. The van der Waals surface area contributed by atoms with Crippen LogP contribution in [0.5, 0.6) is 11.5 Å². The summed E-state index contributed by atoms with van der Waals surface area (Å²) in [5, 5.41) is 43.1. The minimum atomic E-state index is -1.53. The van der Waals surface area contributed by atoms with Crippen LogP contribution < -0.4 is 26.4 Å². The number of aromatic carboxylic acids is 1. The second-order valence-corrected chi connectivity index (χ2v) is 19.6. The van der Waals surface area contributed by atoms with Gasteiger partial charge in [-0.15, -0.1) is 23.5 Å². The number of aromatic hydroxyl groups is 2. The number of amides is 2. The number of piperazine rings is 1. The average Bonchev–Trinajstić information content (AvgIpc) is 3.40. The summed E-state index contributed by atoms with van der Waals surface area (Å²) in [4.78, 5) is 91.5. The molecule has 24 heteroatoms. The lowest BCUT2D eigenvalue weighted by Crippen LogP contribution is -2.70. The van der Waals surface area contributed by atoms with Crippen molar-refractivity contribution in [3.63, 3.8) is 0 Å². The van der Waals surface area contributed by atoms with E-state index in [1.54, 1.807) is 41.6 Å². The van der Waals surface area contributed by atoms with Gasteiger partial charge in [0.1, 0.15) is 70.1 Å². The van der Waals surface area contributed by atoms with Crippen LogP contribution in [0.3, 0.4) is 0 Å². The molecule has 3 atom stereocenters. The van der Waals surface area contributed by atoms with Crippen molar-refractivity contribution in [2.24, 2.45) is 0 Å². The van der Waals surface area contributed by atoms with E-state index in [4.69, 9.17) is 9.15 Å². The highest BCUT2D eigenvalue weighted by Crippen LogP contribution is 2.40. The molecule has 10 rings (SSSR count). The van der Waals surface area contributed by atoms with Crippen LogP contribution in [-0.2, 0) is 23.9 Å². The SMILES string of the molecule is CC(=O)OCC1=C(C(=O)O)N2C(=O)[C@@H](NC(=O)CSc3ccncc3)[C@H]2SC1.CC1CN(c2cc3c(cc2F)c(=O)c(C(=O)O)cn3-c2ccc(F)cc2F)CCN1.O=c1c(-c2ccc(O)cc2)coc2cc(O)ccc12. The molecule has 7 aromatic rings. The molecule has 3 aromatic heterocycles. The van der Waals surface area contributed by atoms with Crippen LogP contribution >= 0.6 is 23.5 Å². The Kier molecular flexibility index (Phi) is 16.7. The van der Waals surface area contributed by atoms with Crippen LogP contribution in [0, 0.1) is 17.5 Å². The minimum Gasteiger partial charge on any atom is -0.508 e. The van der Waals surface area contributed by atoms with Crippen LogP contribution in [-0.4, -0.2) is 120 Å². The molecule has 398 valence electrons. The summed E-state index contributed by atoms with van der Waals surface area (Å²) >= 11 is 2.64. The van der Waals surface area contributed by atoms with Gasteiger partial charge in [0.2, 0.25) is 11.3 Å². The average molecular weight is 1100 g/mol. The van der Waals surface area contributed by atoms with Gasteiger partial charge >= 0.3 is 17.9 Å². The summed E-state index contributed by atoms with van der Waals surface area (Å²) in [5.41, 5.74) is 0.0913. The zero-order chi connectivity index (χ0) is 55.2. The number of phenols is 2. The van der Waals surface area contributed by atoms with E-state index in [1.165, 1.54) is 73.1 Å². The van der Waals surface area contributed by atoms with Crippen LogP contribution in [0.25, 0.3) is 38.7 Å². The second-order valence-electron chi connectivity index (χ2n) is 17.4. The third-order valence-corrected chi connectivity index (χ3v) is 14.5. The first-order valence-electron chi connectivity index (χ1n) is 23.2. The number of hydrogen-bond acceptors (Lipinski definition) is 16. The van der Waals surface area contributed by atoms with Crippen molar-refractivity contribution < 1.29 is 66.7 Å². The molecule has 2 saturated heterocycles. The van der Waals surface area contributed by atoms with Crippen molar-refractivity contribution in [3.8, 4) is 28.3 Å². The Balaban J connectivity index is 0.000000156. The number of esters is 1. The number of β-lactam (4-membered cyclic amide) rings is 1. The number of hydrogen-bond donors (Lipinski definition) is 6. The molecule has 3 aliphatic heterocycles. The third-order valence-electron chi connectivity index (χ3n) is 12.2. The van der Waals surface area contributed by atoms with Gasteiger partial charge in [0.05, 0.1) is 33.6 Å². The molecule has 0 saturated carbocycles. The van der Waals surface area contributed by atoms with E-state index in [-0.39, 0.29) is 69.2 Å². The van der Waals surface area contributed by atoms with E-state index < -0.39 is 63.7 Å². The van der Waals surface area contributed by atoms with Crippen molar-refractivity contribution in [2.75, 3.05) is 42.6 Å². The Morgan fingerprint density at radius 1 is 0.870 bits per heavy atom. The van der Waals surface area contributed by atoms with Crippen LogP contribution in [0.15, 0.2) is 140 Å². The molecule has 0 spiro atoms. The molecule has 2 amide bonds. The highest BCUT2D eigenvalue weighted by Gasteiger charge is 2.54. The molecule has 6 heterocycles. The number of anilines is 1. The normalized spacial score (nSPS) is 16.8. The molecule has 3 aliphatic rings. The van der Waals surface area contributed by atoms with Crippen LogP contribution in [0.1, 0.15) is 24.2 Å². The first-order valence-corrected chi connectivity index (χ1v) is 25.3. The van der Waals surface area contributed by atoms with Gasteiger partial charge in [-0.2, -0.15) is 0 Å². The molecule has 0 bridgehead atoms. The lowest BCUT2D eigenvalue weighted by atomic mass is 10.0. The highest BCUT2D eigenvalue weighted by atomic mass is 32.2. The predicted octanol–water partition coefficient (Wildman–Crippen LogP) is 6.25. The van der Waals surface area contributed by atoms with Gasteiger partial charge in [0, 0.05) is 84.9 Å². The number of thioether (sulfide) groups is 2. The van der Waals surface area contributed by atoms with Crippen LogP contribution in [0.2, 0.25) is 0 Å². The summed E-state index contributed by atoms with van der Waals surface area (Å²) < 4.78 is 54.2. The molecular formula is C53H45F3N6O13S2.